The summed E-state index contributed by atoms with van der Waals surface area (Å²) in [5, 5.41) is 11.9. The maximum absolute atomic E-state index is 12.6. The molecule has 140 valence electrons. The Balaban J connectivity index is 1.80. The van der Waals surface area contributed by atoms with Gasteiger partial charge in [-0.1, -0.05) is 47.2 Å². The lowest BCUT2D eigenvalue weighted by molar-refractivity contribution is 0.102. The third kappa shape index (κ3) is 4.69. The van der Waals surface area contributed by atoms with E-state index >= 15 is 0 Å². The average molecular weight is 403 g/mol. The van der Waals surface area contributed by atoms with E-state index in [-0.39, 0.29) is 5.91 Å². The third-order valence-corrected chi connectivity index (χ3v) is 5.30. The molecule has 0 aliphatic heterocycles. The number of aryl methyl sites for hydroxylation is 1. The zero-order chi connectivity index (χ0) is 19.6. The summed E-state index contributed by atoms with van der Waals surface area (Å²) in [6, 6.07) is 12.7. The van der Waals surface area contributed by atoms with Gasteiger partial charge in [-0.25, -0.2) is 8.42 Å². The van der Waals surface area contributed by atoms with Gasteiger partial charge in [0.1, 0.15) is 5.01 Å². The number of rotatable bonds is 5. The second-order valence-corrected chi connectivity index (χ2v) is 8.81. The van der Waals surface area contributed by atoms with Gasteiger partial charge in [0.2, 0.25) is 15.2 Å². The average Bonchev–Trinajstić information content (AvgIpc) is 3.04. The standard InChI is InChI=1S/C18H18N4O3S2/c1-11-7-9-13(10-8-11)17-20-21-18(26-17)19-16(23)14-5-4-6-15(12(14)2)22-27(3,24)25/h4-10,22H,1-3H3,(H,19,21,23). The van der Waals surface area contributed by atoms with Gasteiger partial charge in [0, 0.05) is 11.1 Å². The number of amides is 1. The van der Waals surface area contributed by atoms with Crippen LogP contribution in [-0.4, -0.2) is 30.8 Å². The summed E-state index contributed by atoms with van der Waals surface area (Å²) in [7, 11) is -3.43. The van der Waals surface area contributed by atoms with Crippen LogP contribution in [0, 0.1) is 13.8 Å². The summed E-state index contributed by atoms with van der Waals surface area (Å²) < 4.78 is 25.3. The SMILES string of the molecule is Cc1ccc(-c2nnc(NC(=O)c3cccc(NS(C)(=O)=O)c3C)s2)cc1. The van der Waals surface area contributed by atoms with Gasteiger partial charge >= 0.3 is 0 Å². The summed E-state index contributed by atoms with van der Waals surface area (Å²) in [5.41, 5.74) is 3.33. The number of benzene rings is 2. The molecule has 9 heteroatoms. The number of carbonyl (C=O) groups excluding carboxylic acids is 1. The molecule has 2 aromatic carbocycles. The highest BCUT2D eigenvalue weighted by molar-refractivity contribution is 7.92. The van der Waals surface area contributed by atoms with Crippen molar-refractivity contribution in [1.29, 1.82) is 0 Å². The van der Waals surface area contributed by atoms with E-state index in [9.17, 15) is 13.2 Å². The van der Waals surface area contributed by atoms with Crippen molar-refractivity contribution < 1.29 is 13.2 Å². The summed E-state index contributed by atoms with van der Waals surface area (Å²) in [4.78, 5) is 12.6. The number of nitrogens with zero attached hydrogens (tertiary/aromatic N) is 2. The first-order valence-electron chi connectivity index (χ1n) is 8.02. The minimum absolute atomic E-state index is 0.357. The molecule has 0 saturated carbocycles. The molecule has 27 heavy (non-hydrogen) atoms. The van der Waals surface area contributed by atoms with Crippen LogP contribution in [-0.2, 0) is 10.0 Å². The van der Waals surface area contributed by atoms with Crippen molar-refractivity contribution in [2.75, 3.05) is 16.3 Å². The highest BCUT2D eigenvalue weighted by Crippen LogP contribution is 2.27. The van der Waals surface area contributed by atoms with Crippen molar-refractivity contribution in [1.82, 2.24) is 10.2 Å². The highest BCUT2D eigenvalue weighted by Gasteiger charge is 2.16. The Morgan fingerprint density at radius 3 is 2.41 bits per heavy atom. The van der Waals surface area contributed by atoms with E-state index in [1.807, 2.05) is 31.2 Å². The fourth-order valence-corrected chi connectivity index (χ4v) is 3.81. The molecule has 1 amide bonds. The molecule has 0 atom stereocenters. The molecule has 0 saturated heterocycles. The molecule has 0 aliphatic carbocycles. The molecule has 0 aliphatic rings. The Bertz CT molecular complexity index is 1090. The Hall–Kier alpha value is -2.78. The summed E-state index contributed by atoms with van der Waals surface area (Å²) in [6.45, 7) is 3.69. The fraction of sp³-hybridized carbons (Fsp3) is 0.167. The lowest BCUT2D eigenvalue weighted by Gasteiger charge is -2.11. The Morgan fingerprint density at radius 1 is 1.04 bits per heavy atom. The van der Waals surface area contributed by atoms with Crippen LogP contribution in [0.5, 0.6) is 0 Å². The fourth-order valence-electron chi connectivity index (χ4n) is 2.44. The molecule has 3 aromatic rings. The topological polar surface area (TPSA) is 101 Å². The lowest BCUT2D eigenvalue weighted by Crippen LogP contribution is -2.16. The second-order valence-electron chi connectivity index (χ2n) is 6.08. The smallest absolute Gasteiger partial charge is 0.257 e. The zero-order valence-electron chi connectivity index (χ0n) is 15.0. The predicted octanol–water partition coefficient (Wildman–Crippen LogP) is 3.45. The molecule has 0 spiro atoms. The van der Waals surface area contributed by atoms with Gasteiger partial charge in [-0.05, 0) is 31.5 Å². The van der Waals surface area contributed by atoms with E-state index in [1.165, 1.54) is 11.3 Å². The molecule has 1 heterocycles. The van der Waals surface area contributed by atoms with Crippen LogP contribution >= 0.6 is 11.3 Å². The van der Waals surface area contributed by atoms with Crippen LogP contribution in [0.1, 0.15) is 21.5 Å². The zero-order valence-corrected chi connectivity index (χ0v) is 16.6. The van der Waals surface area contributed by atoms with E-state index in [1.54, 1.807) is 25.1 Å². The van der Waals surface area contributed by atoms with E-state index in [4.69, 9.17) is 0 Å². The van der Waals surface area contributed by atoms with Crippen LogP contribution in [0.2, 0.25) is 0 Å². The molecular formula is C18H18N4O3S2. The minimum atomic E-state index is -3.43. The van der Waals surface area contributed by atoms with E-state index in [0.29, 0.717) is 27.0 Å². The molecule has 1 aromatic heterocycles. The molecule has 0 fully saturated rings. The quantitative estimate of drug-likeness (QED) is 0.681. The van der Waals surface area contributed by atoms with E-state index in [0.717, 1.165) is 17.4 Å². The van der Waals surface area contributed by atoms with E-state index in [2.05, 4.69) is 20.2 Å². The molecular weight excluding hydrogens is 384 g/mol. The number of nitrogens with one attached hydrogen (secondary N) is 2. The Labute approximate surface area is 161 Å². The number of hydrogen-bond acceptors (Lipinski definition) is 6. The van der Waals surface area contributed by atoms with Gasteiger partial charge < -0.3 is 0 Å². The van der Waals surface area contributed by atoms with Crippen molar-refractivity contribution in [3.8, 4) is 10.6 Å². The van der Waals surface area contributed by atoms with Crippen molar-refractivity contribution in [2.45, 2.75) is 13.8 Å². The second kappa shape index (κ2) is 7.45. The first kappa shape index (κ1) is 19.0. The molecule has 0 bridgehead atoms. The van der Waals surface area contributed by atoms with Gasteiger partial charge in [0.25, 0.3) is 5.91 Å². The normalized spacial score (nSPS) is 11.2. The molecule has 2 N–H and O–H groups in total. The number of anilines is 2. The van der Waals surface area contributed by atoms with Crippen LogP contribution < -0.4 is 10.0 Å². The van der Waals surface area contributed by atoms with E-state index < -0.39 is 10.0 Å². The van der Waals surface area contributed by atoms with Crippen molar-refractivity contribution in [3.05, 3.63) is 59.2 Å². The summed E-state index contributed by atoms with van der Waals surface area (Å²) >= 11 is 1.27. The number of aromatic nitrogens is 2. The largest absolute Gasteiger partial charge is 0.296 e. The first-order valence-corrected chi connectivity index (χ1v) is 10.7. The maximum atomic E-state index is 12.6. The highest BCUT2D eigenvalue weighted by atomic mass is 32.2. The van der Waals surface area contributed by atoms with Gasteiger partial charge in [-0.15, -0.1) is 10.2 Å². The van der Waals surface area contributed by atoms with Crippen LogP contribution in [0.4, 0.5) is 10.8 Å². The van der Waals surface area contributed by atoms with Crippen LogP contribution in [0.25, 0.3) is 10.6 Å². The molecule has 3 rings (SSSR count). The number of carbonyl (C=O) groups is 1. The van der Waals surface area contributed by atoms with Crippen molar-refractivity contribution in [2.24, 2.45) is 0 Å². The third-order valence-electron chi connectivity index (χ3n) is 3.82. The van der Waals surface area contributed by atoms with Gasteiger partial charge in [0.05, 0.1) is 11.9 Å². The Kier molecular flexibility index (Phi) is 5.24. The lowest BCUT2D eigenvalue weighted by atomic mass is 10.1. The number of sulfonamides is 1. The van der Waals surface area contributed by atoms with Crippen molar-refractivity contribution in [3.63, 3.8) is 0 Å². The molecule has 0 unspecified atom stereocenters. The monoisotopic (exact) mass is 402 g/mol. The van der Waals surface area contributed by atoms with Gasteiger partial charge in [-0.3, -0.25) is 14.8 Å². The molecule has 7 nitrogen and oxygen atoms in total. The maximum Gasteiger partial charge on any atom is 0.257 e. The number of hydrogen-bond donors (Lipinski definition) is 2. The summed E-state index contributed by atoms with van der Waals surface area (Å²) in [6.07, 6.45) is 1.06. The summed E-state index contributed by atoms with van der Waals surface area (Å²) in [5.74, 6) is -0.378. The van der Waals surface area contributed by atoms with Crippen molar-refractivity contribution >= 4 is 38.1 Å². The van der Waals surface area contributed by atoms with Crippen LogP contribution in [0.3, 0.4) is 0 Å². The minimum Gasteiger partial charge on any atom is -0.296 e. The first-order chi connectivity index (χ1) is 12.7. The molecule has 0 radical (unpaired) electrons. The Morgan fingerprint density at radius 2 is 1.74 bits per heavy atom. The van der Waals surface area contributed by atoms with Gasteiger partial charge in [0.15, 0.2) is 0 Å². The predicted molar refractivity (Wildman–Crippen MR) is 108 cm³/mol. The van der Waals surface area contributed by atoms with Crippen LogP contribution in [0.15, 0.2) is 42.5 Å². The van der Waals surface area contributed by atoms with Gasteiger partial charge in [-0.2, -0.15) is 0 Å².